The number of hydrogen-bond acceptors (Lipinski definition) is 5. The number of amides is 1. The average Bonchev–Trinajstić information content (AvgIpc) is 3.20. The van der Waals surface area contributed by atoms with Crippen molar-refractivity contribution in [2.75, 3.05) is 5.32 Å². The fraction of sp³-hybridized carbons (Fsp3) is 0.0714. The highest BCUT2D eigenvalue weighted by Gasteiger charge is 2.46. The summed E-state index contributed by atoms with van der Waals surface area (Å²) in [7, 11) is 0. The summed E-state index contributed by atoms with van der Waals surface area (Å²) in [5.41, 5.74) is 1.19. The standard InChI is InChI=1S/C28H18ClNO5/c29-19-8-5-9-20(15-19)30-27(33)25(32)23(26-21-10-3-4-11-22(21)28(34)35-26)24(31)18-13-12-16-6-1-2-7-17(16)14-18/h1-15,23,26H,(H,30,33)/t23-,26+/m1/s1. The molecule has 0 aromatic heterocycles. The van der Waals surface area contributed by atoms with Gasteiger partial charge < -0.3 is 10.1 Å². The maximum atomic E-state index is 13.7. The molecule has 1 heterocycles. The van der Waals surface area contributed by atoms with Gasteiger partial charge >= 0.3 is 5.97 Å². The van der Waals surface area contributed by atoms with Crippen LogP contribution in [-0.2, 0) is 14.3 Å². The number of benzene rings is 4. The molecule has 0 saturated carbocycles. The molecule has 1 aliphatic heterocycles. The van der Waals surface area contributed by atoms with Gasteiger partial charge in [-0.05, 0) is 41.1 Å². The van der Waals surface area contributed by atoms with E-state index in [0.29, 0.717) is 16.3 Å². The van der Waals surface area contributed by atoms with Gasteiger partial charge in [-0.15, -0.1) is 0 Å². The molecule has 0 radical (unpaired) electrons. The third-order valence-electron chi connectivity index (χ3n) is 5.93. The van der Waals surface area contributed by atoms with E-state index in [1.165, 1.54) is 6.07 Å². The van der Waals surface area contributed by atoms with Crippen LogP contribution in [0.25, 0.3) is 10.8 Å². The van der Waals surface area contributed by atoms with Crippen LogP contribution in [0.4, 0.5) is 5.69 Å². The number of ether oxygens (including phenoxy) is 1. The monoisotopic (exact) mass is 483 g/mol. The van der Waals surface area contributed by atoms with Crippen molar-refractivity contribution < 1.29 is 23.9 Å². The van der Waals surface area contributed by atoms with Gasteiger partial charge in [0.25, 0.3) is 5.91 Å². The second-order valence-corrected chi connectivity index (χ2v) is 8.58. The lowest BCUT2D eigenvalue weighted by Gasteiger charge is -2.21. The van der Waals surface area contributed by atoms with Crippen LogP contribution in [0.1, 0.15) is 32.4 Å². The van der Waals surface area contributed by atoms with E-state index in [1.54, 1.807) is 60.7 Å². The second kappa shape index (κ2) is 9.16. The number of esters is 1. The fourth-order valence-corrected chi connectivity index (χ4v) is 4.43. The number of cyclic esters (lactones) is 1. The number of ketones is 2. The lowest BCUT2D eigenvalue weighted by atomic mass is 9.84. The van der Waals surface area contributed by atoms with Gasteiger partial charge in [-0.2, -0.15) is 0 Å². The van der Waals surface area contributed by atoms with Crippen LogP contribution < -0.4 is 5.32 Å². The first kappa shape index (κ1) is 22.5. The smallest absolute Gasteiger partial charge is 0.339 e. The molecule has 1 aliphatic rings. The molecular formula is C28H18ClNO5. The molecule has 0 spiro atoms. The summed E-state index contributed by atoms with van der Waals surface area (Å²) < 4.78 is 5.48. The largest absolute Gasteiger partial charge is 0.453 e. The highest BCUT2D eigenvalue weighted by Crippen LogP contribution is 2.38. The summed E-state index contributed by atoms with van der Waals surface area (Å²) in [5, 5.41) is 4.59. The summed E-state index contributed by atoms with van der Waals surface area (Å²) in [4.78, 5) is 52.6. The summed E-state index contributed by atoms with van der Waals surface area (Å²) >= 11 is 5.98. The van der Waals surface area contributed by atoms with E-state index in [4.69, 9.17) is 16.3 Å². The van der Waals surface area contributed by atoms with Crippen molar-refractivity contribution in [3.63, 3.8) is 0 Å². The summed E-state index contributed by atoms with van der Waals surface area (Å²) in [6, 6.07) is 25.3. The van der Waals surface area contributed by atoms with E-state index < -0.39 is 35.5 Å². The average molecular weight is 484 g/mol. The number of hydrogen-bond donors (Lipinski definition) is 1. The molecule has 0 unspecified atom stereocenters. The van der Waals surface area contributed by atoms with Crippen molar-refractivity contribution in [2.24, 2.45) is 5.92 Å². The van der Waals surface area contributed by atoms with Gasteiger partial charge in [0.05, 0.1) is 5.56 Å². The third kappa shape index (κ3) is 4.32. The van der Waals surface area contributed by atoms with Crippen LogP contribution in [0.2, 0.25) is 5.02 Å². The number of anilines is 1. The molecular weight excluding hydrogens is 466 g/mol. The quantitative estimate of drug-likeness (QED) is 0.171. The molecule has 1 amide bonds. The third-order valence-corrected chi connectivity index (χ3v) is 6.16. The Kier molecular flexibility index (Phi) is 5.89. The minimum Gasteiger partial charge on any atom is -0.453 e. The summed E-state index contributed by atoms with van der Waals surface area (Å²) in [6.07, 6.45) is -1.23. The molecule has 5 rings (SSSR count). The Morgan fingerprint density at radius 2 is 1.57 bits per heavy atom. The van der Waals surface area contributed by atoms with E-state index in [2.05, 4.69) is 5.32 Å². The van der Waals surface area contributed by atoms with E-state index in [0.717, 1.165) is 10.8 Å². The lowest BCUT2D eigenvalue weighted by Crippen LogP contribution is -2.38. The van der Waals surface area contributed by atoms with Gasteiger partial charge in [-0.25, -0.2) is 4.79 Å². The van der Waals surface area contributed by atoms with Crippen molar-refractivity contribution >= 4 is 51.5 Å². The molecule has 0 fully saturated rings. The van der Waals surface area contributed by atoms with Crippen molar-refractivity contribution in [2.45, 2.75) is 6.10 Å². The zero-order chi connectivity index (χ0) is 24.5. The number of fused-ring (bicyclic) bond motifs is 2. The molecule has 7 heteroatoms. The SMILES string of the molecule is O=C(Nc1cccc(Cl)c1)C(=O)[C@@H](C(=O)c1ccc2ccccc2c1)[C@H]1OC(=O)c2ccccc21. The predicted octanol–water partition coefficient (Wildman–Crippen LogP) is 5.41. The Morgan fingerprint density at radius 3 is 2.37 bits per heavy atom. The van der Waals surface area contributed by atoms with E-state index >= 15 is 0 Å². The van der Waals surface area contributed by atoms with Crippen molar-refractivity contribution in [1.29, 1.82) is 0 Å². The zero-order valence-electron chi connectivity index (χ0n) is 18.2. The van der Waals surface area contributed by atoms with Crippen LogP contribution in [0.15, 0.2) is 91.0 Å². The minimum absolute atomic E-state index is 0.234. The second-order valence-electron chi connectivity index (χ2n) is 8.15. The fourth-order valence-electron chi connectivity index (χ4n) is 4.24. The van der Waals surface area contributed by atoms with Crippen LogP contribution in [-0.4, -0.2) is 23.4 Å². The highest BCUT2D eigenvalue weighted by atomic mass is 35.5. The molecule has 0 bridgehead atoms. The molecule has 35 heavy (non-hydrogen) atoms. The van der Waals surface area contributed by atoms with Gasteiger partial charge in [-0.3, -0.25) is 14.4 Å². The first-order valence-electron chi connectivity index (χ1n) is 10.9. The van der Waals surface area contributed by atoms with E-state index in [1.807, 2.05) is 24.3 Å². The molecule has 4 aromatic rings. The Hall–Kier alpha value is -4.29. The number of carbonyl (C=O) groups excluding carboxylic acids is 4. The Balaban J connectivity index is 1.54. The Bertz CT molecular complexity index is 1510. The van der Waals surface area contributed by atoms with E-state index in [-0.39, 0.29) is 11.1 Å². The summed E-state index contributed by atoms with van der Waals surface area (Å²) in [5.74, 6) is -4.85. The van der Waals surface area contributed by atoms with Crippen molar-refractivity contribution in [1.82, 2.24) is 0 Å². The lowest BCUT2D eigenvalue weighted by molar-refractivity contribution is -0.138. The molecule has 172 valence electrons. The van der Waals surface area contributed by atoms with Crippen molar-refractivity contribution in [3.8, 4) is 0 Å². The maximum Gasteiger partial charge on any atom is 0.339 e. The molecule has 0 saturated heterocycles. The van der Waals surface area contributed by atoms with Gasteiger partial charge in [0.2, 0.25) is 5.78 Å². The van der Waals surface area contributed by atoms with E-state index in [9.17, 15) is 19.2 Å². The van der Waals surface area contributed by atoms with Crippen LogP contribution in [0.5, 0.6) is 0 Å². The minimum atomic E-state index is -1.57. The van der Waals surface area contributed by atoms with Gasteiger partial charge in [0.1, 0.15) is 12.0 Å². The Morgan fingerprint density at radius 1 is 0.829 bits per heavy atom. The van der Waals surface area contributed by atoms with Gasteiger partial charge in [-0.1, -0.05) is 72.3 Å². The number of rotatable bonds is 6. The Labute approximate surface area is 205 Å². The number of Topliss-reactive ketones (excluding diaryl/α,β-unsaturated/α-hetero) is 2. The highest BCUT2D eigenvalue weighted by molar-refractivity contribution is 6.45. The van der Waals surface area contributed by atoms with Crippen molar-refractivity contribution in [3.05, 3.63) is 113 Å². The molecule has 1 N–H and O–H groups in total. The maximum absolute atomic E-state index is 13.7. The first-order valence-corrected chi connectivity index (χ1v) is 11.2. The van der Waals surface area contributed by atoms with Crippen LogP contribution >= 0.6 is 11.6 Å². The summed E-state index contributed by atoms with van der Waals surface area (Å²) in [6.45, 7) is 0. The van der Waals surface area contributed by atoms with Gasteiger partial charge in [0, 0.05) is 21.8 Å². The first-order chi connectivity index (χ1) is 16.9. The number of nitrogens with one attached hydrogen (secondary N) is 1. The predicted molar refractivity (Wildman–Crippen MR) is 131 cm³/mol. The molecule has 4 aromatic carbocycles. The van der Waals surface area contributed by atoms with Crippen LogP contribution in [0, 0.1) is 5.92 Å². The van der Waals surface area contributed by atoms with Crippen LogP contribution in [0.3, 0.4) is 0 Å². The van der Waals surface area contributed by atoms with Gasteiger partial charge in [0.15, 0.2) is 5.78 Å². The normalized spacial score (nSPS) is 15.2. The molecule has 2 atom stereocenters. The zero-order valence-corrected chi connectivity index (χ0v) is 19.0. The molecule has 6 nitrogen and oxygen atoms in total. The molecule has 0 aliphatic carbocycles. The number of carbonyl (C=O) groups is 4. The topological polar surface area (TPSA) is 89.5 Å². The number of halogens is 1.